The second-order valence-electron chi connectivity index (χ2n) is 11.7. The highest BCUT2D eigenvalue weighted by Gasteiger charge is 2.43. The number of ether oxygens (including phenoxy) is 2. The Balaban J connectivity index is 1.39. The van der Waals surface area contributed by atoms with Crippen LogP contribution in [0.2, 0.25) is 0 Å². The molecule has 0 saturated carbocycles. The van der Waals surface area contributed by atoms with Crippen LogP contribution in [-0.2, 0) is 26.3 Å². The van der Waals surface area contributed by atoms with Gasteiger partial charge in [0.15, 0.2) is 0 Å². The Hall–Kier alpha value is -3.51. The van der Waals surface area contributed by atoms with Crippen molar-refractivity contribution in [2.75, 3.05) is 6.54 Å². The summed E-state index contributed by atoms with van der Waals surface area (Å²) in [6, 6.07) is 24.2. The van der Waals surface area contributed by atoms with E-state index in [0.29, 0.717) is 31.2 Å². The summed E-state index contributed by atoms with van der Waals surface area (Å²) >= 11 is 1.31. The number of rotatable bonds is 8. The molecule has 1 atom stereocenters. The number of nitrogens with zero attached hydrogens (tertiary/aromatic N) is 1. The number of benzene rings is 3. The van der Waals surface area contributed by atoms with Crippen molar-refractivity contribution in [1.82, 2.24) is 0 Å². The summed E-state index contributed by atoms with van der Waals surface area (Å²) in [5.41, 5.74) is 3.96. The Kier molecular flexibility index (Phi) is 7.83. The van der Waals surface area contributed by atoms with Crippen LogP contribution in [0.5, 0.6) is 0 Å². The van der Waals surface area contributed by atoms with Crippen molar-refractivity contribution in [3.8, 4) is 0 Å². The SMILES string of the molecule is Cc1ccc(C(C)C)c(SC2=C(O)CC(CCc3ccc(C4=NCC(C)(C)O4)cc3)(c3ccccc3)OC2=O)c1. The molecule has 0 radical (unpaired) electrons. The number of aryl methyl sites for hydroxylation is 2. The van der Waals surface area contributed by atoms with Crippen molar-refractivity contribution in [3.63, 3.8) is 0 Å². The molecule has 1 N–H and O–H groups in total. The minimum absolute atomic E-state index is 0.0793. The Morgan fingerprint density at radius 2 is 1.73 bits per heavy atom. The minimum atomic E-state index is -0.957. The number of cyclic esters (lactones) is 1. The van der Waals surface area contributed by atoms with Crippen LogP contribution in [0, 0.1) is 6.92 Å². The fourth-order valence-corrected chi connectivity index (χ4v) is 6.43. The second-order valence-corrected chi connectivity index (χ2v) is 12.7. The first-order chi connectivity index (χ1) is 19.1. The van der Waals surface area contributed by atoms with E-state index in [4.69, 9.17) is 9.47 Å². The number of hydrogen-bond acceptors (Lipinski definition) is 6. The minimum Gasteiger partial charge on any atom is -0.511 e. The molecule has 0 aliphatic carbocycles. The van der Waals surface area contributed by atoms with Gasteiger partial charge in [0.25, 0.3) is 0 Å². The molecule has 40 heavy (non-hydrogen) atoms. The average Bonchev–Trinajstić information content (AvgIpc) is 3.29. The summed E-state index contributed by atoms with van der Waals surface area (Å²) in [5, 5.41) is 11.3. The van der Waals surface area contributed by atoms with Crippen molar-refractivity contribution < 1.29 is 19.4 Å². The second kappa shape index (κ2) is 11.2. The van der Waals surface area contributed by atoms with Gasteiger partial charge in [0, 0.05) is 10.5 Å². The maximum atomic E-state index is 13.5. The van der Waals surface area contributed by atoms with E-state index in [2.05, 4.69) is 49.2 Å². The molecule has 2 heterocycles. The van der Waals surface area contributed by atoms with E-state index < -0.39 is 11.6 Å². The lowest BCUT2D eigenvalue weighted by Gasteiger charge is -2.37. The van der Waals surface area contributed by atoms with E-state index in [0.717, 1.165) is 32.7 Å². The van der Waals surface area contributed by atoms with Gasteiger partial charge >= 0.3 is 5.97 Å². The van der Waals surface area contributed by atoms with Gasteiger partial charge in [-0.2, -0.15) is 0 Å². The van der Waals surface area contributed by atoms with E-state index in [9.17, 15) is 9.90 Å². The van der Waals surface area contributed by atoms with E-state index in [-0.39, 0.29) is 22.7 Å². The third kappa shape index (κ3) is 5.97. The average molecular weight is 556 g/mol. The summed E-state index contributed by atoms with van der Waals surface area (Å²) in [6.07, 6.45) is 1.44. The van der Waals surface area contributed by atoms with Crippen molar-refractivity contribution >= 4 is 23.6 Å². The van der Waals surface area contributed by atoms with Gasteiger partial charge < -0.3 is 14.6 Å². The Morgan fingerprint density at radius 3 is 2.35 bits per heavy atom. The highest BCUT2D eigenvalue weighted by molar-refractivity contribution is 8.04. The zero-order valence-electron chi connectivity index (χ0n) is 23.9. The predicted molar refractivity (Wildman–Crippen MR) is 161 cm³/mol. The summed E-state index contributed by atoms with van der Waals surface area (Å²) in [7, 11) is 0. The molecular formula is C34H37NO4S. The molecule has 1 unspecified atom stereocenters. The normalized spacial score (nSPS) is 20.4. The van der Waals surface area contributed by atoms with Crippen molar-refractivity contribution in [2.45, 2.75) is 75.9 Å². The monoisotopic (exact) mass is 555 g/mol. The number of esters is 1. The molecule has 5 rings (SSSR count). The van der Waals surface area contributed by atoms with E-state index >= 15 is 0 Å². The van der Waals surface area contributed by atoms with Crippen LogP contribution in [0.15, 0.2) is 93.3 Å². The molecule has 3 aromatic carbocycles. The van der Waals surface area contributed by atoms with Crippen LogP contribution < -0.4 is 0 Å². The first-order valence-electron chi connectivity index (χ1n) is 13.9. The van der Waals surface area contributed by atoms with Crippen LogP contribution in [-0.4, -0.2) is 29.1 Å². The molecule has 2 aliphatic rings. The highest BCUT2D eigenvalue weighted by Crippen LogP contribution is 2.46. The number of hydrogen-bond donors (Lipinski definition) is 1. The number of carbonyl (C=O) groups is 1. The fraction of sp³-hybridized carbons (Fsp3) is 0.353. The van der Waals surface area contributed by atoms with Crippen molar-refractivity contribution in [2.24, 2.45) is 4.99 Å². The van der Waals surface area contributed by atoms with Gasteiger partial charge in [0.1, 0.15) is 21.9 Å². The predicted octanol–water partition coefficient (Wildman–Crippen LogP) is 8.01. The Labute approximate surface area is 241 Å². The maximum absolute atomic E-state index is 13.5. The van der Waals surface area contributed by atoms with Crippen LogP contribution in [0.4, 0.5) is 0 Å². The lowest BCUT2D eigenvalue weighted by Crippen LogP contribution is -2.38. The van der Waals surface area contributed by atoms with Crippen LogP contribution >= 0.6 is 11.8 Å². The molecule has 0 aromatic heterocycles. The molecular weight excluding hydrogens is 518 g/mol. The van der Waals surface area contributed by atoms with Gasteiger partial charge in [-0.1, -0.05) is 80.2 Å². The largest absolute Gasteiger partial charge is 0.511 e. The van der Waals surface area contributed by atoms with Crippen LogP contribution in [0.25, 0.3) is 0 Å². The molecule has 6 heteroatoms. The van der Waals surface area contributed by atoms with E-state index in [1.54, 1.807) is 0 Å². The number of thioether (sulfide) groups is 1. The smallest absolute Gasteiger partial charge is 0.349 e. The molecule has 5 nitrogen and oxygen atoms in total. The van der Waals surface area contributed by atoms with Gasteiger partial charge in [-0.3, -0.25) is 0 Å². The Bertz CT molecular complexity index is 1460. The number of aliphatic imine (C=N–C) groups is 1. The van der Waals surface area contributed by atoms with Crippen LogP contribution in [0.1, 0.15) is 74.3 Å². The van der Waals surface area contributed by atoms with Gasteiger partial charge in [-0.15, -0.1) is 0 Å². The molecule has 0 spiro atoms. The quantitative estimate of drug-likeness (QED) is 0.285. The Morgan fingerprint density at radius 1 is 1.00 bits per heavy atom. The van der Waals surface area contributed by atoms with Crippen molar-refractivity contribution in [1.29, 1.82) is 0 Å². The van der Waals surface area contributed by atoms with Gasteiger partial charge in [0.2, 0.25) is 5.90 Å². The van der Waals surface area contributed by atoms with E-state index in [1.165, 1.54) is 11.8 Å². The molecule has 208 valence electrons. The number of aliphatic hydroxyl groups is 1. The topological polar surface area (TPSA) is 68.1 Å². The molecule has 3 aromatic rings. The summed E-state index contributed by atoms with van der Waals surface area (Å²) < 4.78 is 12.2. The first-order valence-corrected chi connectivity index (χ1v) is 14.7. The summed E-state index contributed by atoms with van der Waals surface area (Å²) in [5.74, 6) is 0.561. The number of aliphatic hydroxyl groups excluding tert-OH is 1. The molecule has 2 aliphatic heterocycles. The fourth-order valence-electron chi connectivity index (χ4n) is 5.23. The lowest BCUT2D eigenvalue weighted by molar-refractivity contribution is -0.160. The van der Waals surface area contributed by atoms with E-state index in [1.807, 2.05) is 63.2 Å². The van der Waals surface area contributed by atoms with Gasteiger partial charge in [0.05, 0.1) is 13.0 Å². The lowest BCUT2D eigenvalue weighted by atomic mass is 9.82. The van der Waals surface area contributed by atoms with Gasteiger partial charge in [-0.05, 0) is 80.0 Å². The third-order valence-corrected chi connectivity index (χ3v) is 8.67. The van der Waals surface area contributed by atoms with Crippen molar-refractivity contribution in [3.05, 3.63) is 111 Å². The number of carbonyl (C=O) groups excluding carboxylic acids is 1. The standard InChI is InChI=1S/C34H37NO4S/c1-22(2)27-16-11-23(3)19-29(27)40-30-28(36)20-34(39-32(30)37,26-9-7-6-8-10-26)18-17-24-12-14-25(15-13-24)31-35-21-33(4,5)38-31/h6-16,19,22,36H,17-18,20-21H2,1-5H3. The summed E-state index contributed by atoms with van der Waals surface area (Å²) in [6.45, 7) is 11.0. The molecule has 0 bridgehead atoms. The third-order valence-electron chi connectivity index (χ3n) is 7.49. The molecule has 0 fully saturated rings. The zero-order chi connectivity index (χ0) is 28.5. The highest BCUT2D eigenvalue weighted by atomic mass is 32.2. The van der Waals surface area contributed by atoms with Gasteiger partial charge in [-0.25, -0.2) is 9.79 Å². The molecule has 0 amide bonds. The molecule has 0 saturated heterocycles. The first kappa shape index (κ1) is 28.0. The maximum Gasteiger partial charge on any atom is 0.349 e. The zero-order valence-corrected chi connectivity index (χ0v) is 24.7. The summed E-state index contributed by atoms with van der Waals surface area (Å²) in [4.78, 5) is 19.3. The van der Waals surface area contributed by atoms with Crippen LogP contribution in [0.3, 0.4) is 0 Å².